The van der Waals surface area contributed by atoms with Crippen LogP contribution in [-0.2, 0) is 20.7 Å². The second-order valence-corrected chi connectivity index (χ2v) is 16.0. The molecule has 5 aromatic carbocycles. The summed E-state index contributed by atoms with van der Waals surface area (Å²) < 4.78 is 22.0. The molecule has 3 atom stereocenters. The fourth-order valence-corrected chi connectivity index (χ4v) is 10.4. The van der Waals surface area contributed by atoms with E-state index in [9.17, 15) is 19.2 Å². The lowest BCUT2D eigenvalue weighted by Crippen LogP contribution is -2.58. The number of rotatable bonds is 8. The first-order chi connectivity index (χ1) is 28.7. The summed E-state index contributed by atoms with van der Waals surface area (Å²) in [5, 5.41) is 0. The van der Waals surface area contributed by atoms with E-state index < -0.39 is 11.8 Å². The molecule has 300 valence electrons. The molecular formula is C49H46N2O8. The zero-order valence-electron chi connectivity index (χ0n) is 33.2. The molecule has 4 aliphatic rings. The van der Waals surface area contributed by atoms with Crippen molar-refractivity contribution in [1.29, 1.82) is 0 Å². The standard InChI is InChI=1S/C49H46N2O8/c1-32(52)57-38-22-14-33(15-23-38)48(30-8-3-9-31-48)34-16-24-39(25-17-34)58-47(55)59-40-28-20-36(21-29-40)51-46(54)42-11-5-7-13-44(42)49(51)43-12-6-4-10-41(43)45(53)50(49)35-18-26-37(56-2)27-19-35/h5,7,11,13-29,41,43H,3-4,6,8-10,12,30-31H2,1-2H3. The van der Waals surface area contributed by atoms with Crippen LogP contribution >= 0.6 is 0 Å². The summed E-state index contributed by atoms with van der Waals surface area (Å²) >= 11 is 0. The highest BCUT2D eigenvalue weighted by atomic mass is 16.7. The third kappa shape index (κ3) is 6.51. The fourth-order valence-electron chi connectivity index (χ4n) is 10.4. The molecule has 2 heterocycles. The van der Waals surface area contributed by atoms with Crippen molar-refractivity contribution >= 4 is 35.3 Å². The van der Waals surface area contributed by atoms with Gasteiger partial charge in [0.15, 0.2) is 5.66 Å². The van der Waals surface area contributed by atoms with E-state index in [0.29, 0.717) is 34.2 Å². The molecule has 0 aromatic heterocycles. The number of hydrogen-bond acceptors (Lipinski definition) is 8. The summed E-state index contributed by atoms with van der Waals surface area (Å²) in [6.45, 7) is 1.39. The molecule has 3 unspecified atom stereocenters. The van der Waals surface area contributed by atoms with Crippen molar-refractivity contribution in [2.45, 2.75) is 75.8 Å². The van der Waals surface area contributed by atoms with E-state index in [0.717, 1.165) is 68.1 Å². The summed E-state index contributed by atoms with van der Waals surface area (Å²) in [5.41, 5.74) is 3.62. The molecule has 0 bridgehead atoms. The van der Waals surface area contributed by atoms with Crippen LogP contribution in [0.1, 0.15) is 91.8 Å². The number of esters is 1. The van der Waals surface area contributed by atoms with E-state index >= 15 is 0 Å². The average molecular weight is 791 g/mol. The summed E-state index contributed by atoms with van der Waals surface area (Å²) in [6, 6.07) is 37.2. The van der Waals surface area contributed by atoms with Crippen LogP contribution in [-0.4, -0.2) is 31.0 Å². The molecular weight excluding hydrogens is 745 g/mol. The minimum absolute atomic E-state index is 0.00826. The third-order valence-corrected chi connectivity index (χ3v) is 12.9. The summed E-state index contributed by atoms with van der Waals surface area (Å²) in [6.07, 6.45) is 7.89. The highest BCUT2D eigenvalue weighted by Gasteiger charge is 2.67. The van der Waals surface area contributed by atoms with Gasteiger partial charge in [-0.25, -0.2) is 4.79 Å². The van der Waals surface area contributed by atoms with Crippen LogP contribution in [0.2, 0.25) is 0 Å². The number of hydrogen-bond donors (Lipinski definition) is 0. The van der Waals surface area contributed by atoms with Crippen molar-refractivity contribution < 1.29 is 38.1 Å². The smallest absolute Gasteiger partial charge is 0.497 e. The lowest BCUT2D eigenvalue weighted by Gasteiger charge is -2.47. The Labute approximate surface area is 343 Å². The SMILES string of the molecule is COc1ccc(N2C(=O)C3CCCCC3C23c2ccccc2C(=O)N3c2ccc(OC(=O)Oc3ccc(C4(c5ccc(OC(C)=O)cc5)CCCCC4)cc3)cc2)cc1. The first-order valence-electron chi connectivity index (χ1n) is 20.5. The Morgan fingerprint density at radius 1 is 0.593 bits per heavy atom. The number of carbonyl (C=O) groups is 4. The Hall–Kier alpha value is -6.42. The van der Waals surface area contributed by atoms with Crippen molar-refractivity contribution in [3.63, 3.8) is 0 Å². The minimum Gasteiger partial charge on any atom is -0.497 e. The predicted octanol–water partition coefficient (Wildman–Crippen LogP) is 10.1. The Morgan fingerprint density at radius 2 is 1.12 bits per heavy atom. The number of methoxy groups -OCH3 is 1. The molecule has 10 nitrogen and oxygen atoms in total. The van der Waals surface area contributed by atoms with Crippen molar-refractivity contribution in [2.24, 2.45) is 11.8 Å². The second kappa shape index (κ2) is 15.4. The van der Waals surface area contributed by atoms with E-state index in [4.69, 9.17) is 18.9 Å². The van der Waals surface area contributed by atoms with Crippen LogP contribution in [0.3, 0.4) is 0 Å². The molecule has 3 fully saturated rings. The maximum atomic E-state index is 14.6. The first kappa shape index (κ1) is 38.1. The van der Waals surface area contributed by atoms with Crippen LogP contribution in [0, 0.1) is 11.8 Å². The number of nitrogens with zero attached hydrogens (tertiary/aromatic N) is 2. The number of ether oxygens (including phenoxy) is 4. The highest BCUT2D eigenvalue weighted by molar-refractivity contribution is 6.16. The molecule has 1 saturated heterocycles. The van der Waals surface area contributed by atoms with Gasteiger partial charge in [-0.2, -0.15) is 0 Å². The van der Waals surface area contributed by atoms with Crippen LogP contribution < -0.4 is 28.7 Å². The number of benzene rings is 5. The van der Waals surface area contributed by atoms with Crippen molar-refractivity contribution in [1.82, 2.24) is 0 Å². The van der Waals surface area contributed by atoms with E-state index in [-0.39, 0.29) is 40.8 Å². The van der Waals surface area contributed by atoms with E-state index in [1.807, 2.05) is 89.8 Å². The van der Waals surface area contributed by atoms with E-state index in [1.54, 1.807) is 48.4 Å². The monoisotopic (exact) mass is 790 g/mol. The highest BCUT2D eigenvalue weighted by Crippen LogP contribution is 2.60. The van der Waals surface area contributed by atoms with Crippen LogP contribution in [0.4, 0.5) is 16.2 Å². The predicted molar refractivity (Wildman–Crippen MR) is 222 cm³/mol. The Bertz CT molecular complexity index is 2390. The van der Waals surface area contributed by atoms with Gasteiger partial charge in [0, 0.05) is 46.7 Å². The molecule has 2 aliphatic carbocycles. The molecule has 10 heteroatoms. The molecule has 2 amide bonds. The van der Waals surface area contributed by atoms with Gasteiger partial charge in [-0.1, -0.05) is 74.6 Å². The normalized spacial score (nSPS) is 21.8. The molecule has 59 heavy (non-hydrogen) atoms. The Kier molecular flexibility index (Phi) is 9.95. The van der Waals surface area contributed by atoms with Gasteiger partial charge in [-0.05, 0) is 116 Å². The zero-order valence-corrected chi connectivity index (χ0v) is 33.2. The van der Waals surface area contributed by atoms with Gasteiger partial charge in [0.2, 0.25) is 5.91 Å². The van der Waals surface area contributed by atoms with E-state index in [1.165, 1.54) is 13.3 Å². The zero-order chi connectivity index (χ0) is 40.7. The molecule has 9 rings (SSSR count). The third-order valence-electron chi connectivity index (χ3n) is 12.9. The van der Waals surface area contributed by atoms with Gasteiger partial charge in [-0.3, -0.25) is 24.2 Å². The van der Waals surface area contributed by atoms with Gasteiger partial charge >= 0.3 is 12.1 Å². The van der Waals surface area contributed by atoms with Crippen molar-refractivity contribution in [2.75, 3.05) is 16.9 Å². The number of carbonyl (C=O) groups excluding carboxylic acids is 4. The number of amides is 2. The molecule has 1 spiro atoms. The van der Waals surface area contributed by atoms with Gasteiger partial charge < -0.3 is 18.9 Å². The van der Waals surface area contributed by atoms with Crippen LogP contribution in [0.15, 0.2) is 121 Å². The first-order valence-corrected chi connectivity index (χ1v) is 20.5. The molecule has 0 N–H and O–H groups in total. The second-order valence-electron chi connectivity index (χ2n) is 16.0. The maximum Gasteiger partial charge on any atom is 0.519 e. The number of fused-ring (bicyclic) bond motifs is 4. The van der Waals surface area contributed by atoms with Gasteiger partial charge in [0.1, 0.15) is 23.0 Å². The quantitative estimate of drug-likeness (QED) is 0.0868. The van der Waals surface area contributed by atoms with E-state index in [2.05, 4.69) is 0 Å². The number of anilines is 2. The molecule has 2 saturated carbocycles. The van der Waals surface area contributed by atoms with Crippen molar-refractivity contribution in [3.05, 3.63) is 144 Å². The largest absolute Gasteiger partial charge is 0.519 e. The van der Waals surface area contributed by atoms with Gasteiger partial charge in [0.25, 0.3) is 5.91 Å². The molecule has 2 aliphatic heterocycles. The van der Waals surface area contributed by atoms with Gasteiger partial charge in [-0.15, -0.1) is 0 Å². The molecule has 5 aromatic rings. The van der Waals surface area contributed by atoms with Crippen molar-refractivity contribution in [3.8, 4) is 23.0 Å². The lowest BCUT2D eigenvalue weighted by atomic mass is 9.65. The minimum atomic E-state index is -1.10. The maximum absolute atomic E-state index is 14.6. The van der Waals surface area contributed by atoms with Gasteiger partial charge in [0.05, 0.1) is 7.11 Å². The Morgan fingerprint density at radius 3 is 1.71 bits per heavy atom. The van der Waals surface area contributed by atoms with Crippen LogP contribution in [0.25, 0.3) is 0 Å². The Balaban J connectivity index is 0.965. The fraction of sp³-hybridized carbons (Fsp3) is 0.306. The summed E-state index contributed by atoms with van der Waals surface area (Å²) in [4.78, 5) is 57.4. The van der Waals surface area contributed by atoms with Crippen LogP contribution in [0.5, 0.6) is 23.0 Å². The summed E-state index contributed by atoms with van der Waals surface area (Å²) in [5.74, 6) is 0.861. The topological polar surface area (TPSA) is 112 Å². The molecule has 0 radical (unpaired) electrons. The summed E-state index contributed by atoms with van der Waals surface area (Å²) in [7, 11) is 1.61. The lowest BCUT2D eigenvalue weighted by molar-refractivity contribution is -0.131. The average Bonchev–Trinajstić information content (AvgIpc) is 3.68.